The van der Waals surface area contributed by atoms with Gasteiger partial charge in [-0.05, 0) is 0 Å². The zero-order chi connectivity index (χ0) is 31.5. The van der Waals surface area contributed by atoms with E-state index in [0.717, 1.165) is 35.5 Å². The second-order valence-corrected chi connectivity index (χ2v) is 9.43. The van der Waals surface area contributed by atoms with E-state index in [1.54, 1.807) is 0 Å². The molecule has 0 spiro atoms. The fourth-order valence-corrected chi connectivity index (χ4v) is 4.72. The number of esters is 3. The van der Waals surface area contributed by atoms with Crippen molar-refractivity contribution in [2.24, 2.45) is 0 Å². The van der Waals surface area contributed by atoms with Gasteiger partial charge in [0, 0.05) is 14.2 Å². The first-order valence-electron chi connectivity index (χ1n) is 12.5. The Labute approximate surface area is 238 Å². The zero-order valence-electron chi connectivity index (χ0n) is 23.2. The Hall–Kier alpha value is -2.11. The third-order valence-corrected chi connectivity index (χ3v) is 7.02. The lowest BCUT2D eigenvalue weighted by molar-refractivity contribution is -0.370. The average Bonchev–Trinajstić information content (AvgIpc) is 2.99. The highest BCUT2D eigenvalue weighted by Gasteiger charge is 2.57. The second kappa shape index (κ2) is 14.6. The number of carbonyl (C=O) groups excluding carboxylic acids is 3. The first-order valence-corrected chi connectivity index (χ1v) is 12.5. The molecule has 0 amide bonds. The molecule has 0 radical (unpaired) electrons. The molecular weight excluding hydrogens is 580 g/mol. The summed E-state index contributed by atoms with van der Waals surface area (Å²) in [5.74, 6) is -3.26. The van der Waals surface area contributed by atoms with Gasteiger partial charge in [-0.15, -0.1) is 0 Å². The number of ether oxygens (including phenoxy) is 10. The molecule has 242 valence electrons. The third kappa shape index (κ3) is 6.68. The van der Waals surface area contributed by atoms with Crippen LogP contribution in [0.5, 0.6) is 0 Å². The molecule has 3 heterocycles. The average molecular weight is 617 g/mol. The molecule has 3 aliphatic rings. The minimum atomic E-state index is -2.09. The first kappa shape index (κ1) is 34.4. The van der Waals surface area contributed by atoms with E-state index in [-0.39, 0.29) is 0 Å². The van der Waals surface area contributed by atoms with Gasteiger partial charge in [0.05, 0.1) is 21.3 Å². The monoisotopic (exact) mass is 616 g/mol. The molecule has 0 aromatic heterocycles. The molecule has 0 saturated carbocycles. The van der Waals surface area contributed by atoms with Gasteiger partial charge in [-0.3, -0.25) is 0 Å². The molecule has 3 fully saturated rings. The molecule has 0 bridgehead atoms. The van der Waals surface area contributed by atoms with E-state index in [1.165, 1.54) is 0 Å². The van der Waals surface area contributed by atoms with Crippen LogP contribution in [0, 0.1) is 0 Å². The van der Waals surface area contributed by atoms with Crippen LogP contribution >= 0.6 is 0 Å². The predicted octanol–water partition coefficient (Wildman–Crippen LogP) is -5.72. The van der Waals surface area contributed by atoms with Crippen LogP contribution in [0.2, 0.25) is 0 Å². The first-order chi connectivity index (χ1) is 19.9. The lowest BCUT2D eigenvalue weighted by Crippen LogP contribution is -2.67. The largest absolute Gasteiger partial charge is 0.467 e. The van der Waals surface area contributed by atoms with Gasteiger partial charge in [0.2, 0.25) is 0 Å². The standard InChI is InChI=1S/C23H36O19/c1-33-12-6(24)10(28)22(41-15(12)18(30)34-2)39-14-8(26)11(29)23(42-17(14)20(32)36-4)38-13-7(25)9(27)21(37-5)40-16(13)19(31)35-3/h6-17,21-29H,1-5H3. The molecule has 15 atom stereocenters. The molecule has 0 aliphatic carbocycles. The van der Waals surface area contributed by atoms with E-state index in [0.29, 0.717) is 0 Å². The third-order valence-electron chi connectivity index (χ3n) is 7.02. The van der Waals surface area contributed by atoms with E-state index in [2.05, 4.69) is 14.2 Å². The highest BCUT2D eigenvalue weighted by molar-refractivity contribution is 5.76. The molecule has 3 aliphatic heterocycles. The van der Waals surface area contributed by atoms with Gasteiger partial charge >= 0.3 is 17.9 Å². The van der Waals surface area contributed by atoms with Crippen molar-refractivity contribution < 1.29 is 92.4 Å². The maximum Gasteiger partial charge on any atom is 0.337 e. The molecule has 15 unspecified atom stereocenters. The summed E-state index contributed by atoms with van der Waals surface area (Å²) in [5.41, 5.74) is 0. The van der Waals surface area contributed by atoms with Crippen LogP contribution in [0.4, 0.5) is 0 Å². The normalized spacial score (nSPS) is 44.2. The number of rotatable bonds is 9. The Morgan fingerprint density at radius 2 is 0.762 bits per heavy atom. The summed E-state index contributed by atoms with van der Waals surface area (Å²) in [7, 11) is 5.26. The number of hydrogen-bond donors (Lipinski definition) is 6. The molecule has 3 rings (SSSR count). The topological polar surface area (TPSA) is 265 Å². The van der Waals surface area contributed by atoms with Crippen LogP contribution in [-0.2, 0) is 61.8 Å². The fourth-order valence-electron chi connectivity index (χ4n) is 4.72. The predicted molar refractivity (Wildman–Crippen MR) is 126 cm³/mol. The Morgan fingerprint density at radius 3 is 1.10 bits per heavy atom. The highest BCUT2D eigenvalue weighted by Crippen LogP contribution is 2.33. The van der Waals surface area contributed by atoms with Crippen LogP contribution in [0.25, 0.3) is 0 Å². The van der Waals surface area contributed by atoms with Crippen molar-refractivity contribution in [1.82, 2.24) is 0 Å². The van der Waals surface area contributed by atoms with Crippen LogP contribution < -0.4 is 0 Å². The maximum absolute atomic E-state index is 12.7. The quantitative estimate of drug-likeness (QED) is 0.104. The summed E-state index contributed by atoms with van der Waals surface area (Å²) < 4.78 is 51.2. The van der Waals surface area contributed by atoms with Gasteiger partial charge in [0.1, 0.15) is 54.9 Å². The molecule has 6 N–H and O–H groups in total. The Bertz CT molecular complexity index is 933. The Morgan fingerprint density at radius 1 is 0.452 bits per heavy atom. The van der Waals surface area contributed by atoms with Gasteiger partial charge in [-0.25, -0.2) is 14.4 Å². The summed E-state index contributed by atoms with van der Waals surface area (Å²) in [5, 5.41) is 63.8. The fraction of sp³-hybridized carbons (Fsp3) is 0.870. The van der Waals surface area contributed by atoms with Crippen molar-refractivity contribution in [3.05, 3.63) is 0 Å². The van der Waals surface area contributed by atoms with Gasteiger partial charge in [-0.2, -0.15) is 0 Å². The lowest BCUT2D eigenvalue weighted by atomic mass is 9.95. The molecule has 0 aromatic rings. The number of aliphatic hydroxyl groups excluding tert-OH is 6. The summed E-state index contributed by atoms with van der Waals surface area (Å²) in [4.78, 5) is 37.2. The number of carbonyl (C=O) groups is 3. The molecule has 3 saturated heterocycles. The summed E-state index contributed by atoms with van der Waals surface area (Å²) in [6, 6.07) is 0. The minimum absolute atomic E-state index is 0.954. The maximum atomic E-state index is 12.7. The summed E-state index contributed by atoms with van der Waals surface area (Å²) >= 11 is 0. The zero-order valence-corrected chi connectivity index (χ0v) is 23.2. The van der Waals surface area contributed by atoms with Crippen molar-refractivity contribution in [2.75, 3.05) is 35.5 Å². The van der Waals surface area contributed by atoms with Crippen LogP contribution in [-0.4, -0.2) is 176 Å². The van der Waals surface area contributed by atoms with Crippen molar-refractivity contribution in [1.29, 1.82) is 0 Å². The van der Waals surface area contributed by atoms with E-state index < -0.39 is 110 Å². The Balaban J connectivity index is 1.86. The van der Waals surface area contributed by atoms with Crippen LogP contribution in [0.3, 0.4) is 0 Å². The van der Waals surface area contributed by atoms with Crippen molar-refractivity contribution >= 4 is 17.9 Å². The molecule has 19 heteroatoms. The number of aliphatic hydroxyl groups is 6. The van der Waals surface area contributed by atoms with Gasteiger partial charge < -0.3 is 78.0 Å². The smallest absolute Gasteiger partial charge is 0.337 e. The van der Waals surface area contributed by atoms with E-state index in [1.807, 2.05) is 0 Å². The van der Waals surface area contributed by atoms with Crippen molar-refractivity contribution in [3.8, 4) is 0 Å². The highest BCUT2D eigenvalue weighted by atomic mass is 16.8. The lowest BCUT2D eigenvalue weighted by Gasteiger charge is -2.47. The summed E-state index contributed by atoms with van der Waals surface area (Å²) in [6.45, 7) is 0. The van der Waals surface area contributed by atoms with Gasteiger partial charge in [0.25, 0.3) is 0 Å². The van der Waals surface area contributed by atoms with Crippen molar-refractivity contribution in [3.63, 3.8) is 0 Å². The van der Waals surface area contributed by atoms with Crippen LogP contribution in [0.1, 0.15) is 0 Å². The molecule has 19 nitrogen and oxygen atoms in total. The SMILES string of the molecule is COC(=O)C1OC(OC2C(C(=O)OC)OC(OC3C(C(=O)OC)OC(OC)C(O)C3O)C(O)C2O)C(O)C(O)C1OC. The number of hydrogen-bond acceptors (Lipinski definition) is 19. The summed E-state index contributed by atoms with van der Waals surface area (Å²) in [6.07, 6.45) is -27.2. The Kier molecular flexibility index (Phi) is 11.9. The number of methoxy groups -OCH3 is 5. The van der Waals surface area contributed by atoms with Crippen molar-refractivity contribution in [2.45, 2.75) is 92.1 Å². The molecular formula is C23H36O19. The van der Waals surface area contributed by atoms with Gasteiger partial charge in [0.15, 0.2) is 37.2 Å². The second-order valence-electron chi connectivity index (χ2n) is 9.43. The minimum Gasteiger partial charge on any atom is -0.467 e. The van der Waals surface area contributed by atoms with Crippen LogP contribution in [0.15, 0.2) is 0 Å². The molecule has 0 aromatic carbocycles. The van der Waals surface area contributed by atoms with E-state index >= 15 is 0 Å². The van der Waals surface area contributed by atoms with E-state index in [4.69, 9.17) is 33.2 Å². The van der Waals surface area contributed by atoms with Gasteiger partial charge in [-0.1, -0.05) is 0 Å². The molecule has 42 heavy (non-hydrogen) atoms. The van der Waals surface area contributed by atoms with E-state index in [9.17, 15) is 45.0 Å².